The van der Waals surface area contributed by atoms with Gasteiger partial charge in [-0.2, -0.15) is 0 Å². The first-order valence-electron chi connectivity index (χ1n) is 5.89. The summed E-state index contributed by atoms with van der Waals surface area (Å²) in [4.78, 5) is 3.71. The number of aliphatic hydroxyl groups excluding tert-OH is 1. The van der Waals surface area contributed by atoms with Crippen LogP contribution >= 0.6 is 0 Å². The molecule has 0 spiro atoms. The topological polar surface area (TPSA) is 62.6 Å². The Labute approximate surface area is 107 Å². The standard InChI is InChI=1S/C12H14F3NO3/c13-10(14)6-19-9-4-8(11(17)18)16-5-7(9)12(15)2-1-3-12/h4-5,10-11,17-18H,1-3,6H2. The molecule has 1 saturated carbocycles. The zero-order chi connectivity index (χ0) is 14.0. The summed E-state index contributed by atoms with van der Waals surface area (Å²) in [6, 6.07) is 1.09. The Morgan fingerprint density at radius 1 is 1.37 bits per heavy atom. The van der Waals surface area contributed by atoms with E-state index in [1.165, 1.54) is 0 Å². The van der Waals surface area contributed by atoms with Crippen molar-refractivity contribution in [3.05, 3.63) is 23.5 Å². The predicted molar refractivity (Wildman–Crippen MR) is 59.6 cm³/mol. The maximum Gasteiger partial charge on any atom is 0.272 e. The van der Waals surface area contributed by atoms with Crippen molar-refractivity contribution in [2.75, 3.05) is 6.61 Å². The summed E-state index contributed by atoms with van der Waals surface area (Å²) >= 11 is 0. The lowest BCUT2D eigenvalue weighted by Gasteiger charge is -2.35. The van der Waals surface area contributed by atoms with Gasteiger partial charge in [0.05, 0.1) is 5.69 Å². The van der Waals surface area contributed by atoms with Crippen LogP contribution in [0.1, 0.15) is 36.8 Å². The van der Waals surface area contributed by atoms with Crippen LogP contribution in [0.25, 0.3) is 0 Å². The van der Waals surface area contributed by atoms with Crippen molar-refractivity contribution in [2.24, 2.45) is 0 Å². The summed E-state index contributed by atoms with van der Waals surface area (Å²) in [5.41, 5.74) is -1.71. The quantitative estimate of drug-likeness (QED) is 0.809. The number of aliphatic hydroxyl groups is 2. The fourth-order valence-electron chi connectivity index (χ4n) is 1.96. The van der Waals surface area contributed by atoms with Gasteiger partial charge in [-0.3, -0.25) is 4.98 Å². The number of aromatic nitrogens is 1. The van der Waals surface area contributed by atoms with Crippen LogP contribution in [0.4, 0.5) is 13.2 Å². The Morgan fingerprint density at radius 3 is 2.53 bits per heavy atom. The smallest absolute Gasteiger partial charge is 0.272 e. The number of rotatable bonds is 5. The lowest BCUT2D eigenvalue weighted by Crippen LogP contribution is -2.30. The van der Waals surface area contributed by atoms with E-state index in [1.807, 2.05) is 0 Å². The van der Waals surface area contributed by atoms with Gasteiger partial charge in [0.1, 0.15) is 18.0 Å². The van der Waals surface area contributed by atoms with Crippen molar-refractivity contribution >= 4 is 0 Å². The van der Waals surface area contributed by atoms with Gasteiger partial charge < -0.3 is 14.9 Å². The molecule has 0 aliphatic heterocycles. The molecule has 1 aliphatic carbocycles. The second-order valence-corrected chi connectivity index (χ2v) is 4.50. The first kappa shape index (κ1) is 14.1. The Balaban J connectivity index is 2.30. The van der Waals surface area contributed by atoms with E-state index in [4.69, 9.17) is 14.9 Å². The molecule has 1 aromatic heterocycles. The highest BCUT2D eigenvalue weighted by Crippen LogP contribution is 2.48. The maximum absolute atomic E-state index is 14.3. The number of nitrogens with zero attached hydrogens (tertiary/aromatic N) is 1. The number of hydrogen-bond donors (Lipinski definition) is 2. The van der Waals surface area contributed by atoms with Gasteiger partial charge in [0.2, 0.25) is 0 Å². The van der Waals surface area contributed by atoms with Crippen LogP contribution in [0.5, 0.6) is 5.75 Å². The summed E-state index contributed by atoms with van der Waals surface area (Å²) < 4.78 is 43.5. The monoisotopic (exact) mass is 277 g/mol. The van der Waals surface area contributed by atoms with E-state index in [9.17, 15) is 13.2 Å². The highest BCUT2D eigenvalue weighted by atomic mass is 19.3. The van der Waals surface area contributed by atoms with E-state index < -0.39 is 25.0 Å². The lowest BCUT2D eigenvalue weighted by atomic mass is 9.77. The highest BCUT2D eigenvalue weighted by molar-refractivity contribution is 5.39. The third-order valence-electron chi connectivity index (χ3n) is 3.15. The van der Waals surface area contributed by atoms with Gasteiger partial charge in [-0.1, -0.05) is 0 Å². The SMILES string of the molecule is OC(O)c1cc(OCC(F)F)c(C2(F)CCC2)cn1. The molecule has 1 fully saturated rings. The van der Waals surface area contributed by atoms with Crippen LogP contribution in [0.2, 0.25) is 0 Å². The highest BCUT2D eigenvalue weighted by Gasteiger charge is 2.41. The molecule has 1 aliphatic rings. The Bertz CT molecular complexity index is 450. The zero-order valence-corrected chi connectivity index (χ0v) is 10.0. The first-order valence-corrected chi connectivity index (χ1v) is 5.89. The summed E-state index contributed by atoms with van der Waals surface area (Å²) in [5, 5.41) is 18.0. The van der Waals surface area contributed by atoms with Gasteiger partial charge in [-0.05, 0) is 19.3 Å². The van der Waals surface area contributed by atoms with Crippen molar-refractivity contribution in [1.29, 1.82) is 0 Å². The maximum atomic E-state index is 14.3. The molecule has 0 amide bonds. The summed E-state index contributed by atoms with van der Waals surface area (Å²) in [6.45, 7) is -0.881. The number of halogens is 3. The van der Waals surface area contributed by atoms with E-state index in [-0.39, 0.29) is 29.8 Å². The van der Waals surface area contributed by atoms with E-state index >= 15 is 0 Å². The van der Waals surface area contributed by atoms with Gasteiger partial charge in [-0.15, -0.1) is 0 Å². The molecule has 0 unspecified atom stereocenters. The van der Waals surface area contributed by atoms with Crippen molar-refractivity contribution in [2.45, 2.75) is 37.6 Å². The minimum atomic E-state index is -2.69. The van der Waals surface area contributed by atoms with Gasteiger partial charge >= 0.3 is 0 Å². The molecule has 0 atom stereocenters. The Hall–Kier alpha value is -1.34. The van der Waals surface area contributed by atoms with E-state index in [2.05, 4.69) is 4.98 Å². The Morgan fingerprint density at radius 2 is 2.05 bits per heavy atom. The summed E-state index contributed by atoms with van der Waals surface area (Å²) in [6.07, 6.45) is -2.17. The molecule has 0 radical (unpaired) electrons. The molecule has 0 saturated heterocycles. The average molecular weight is 277 g/mol. The molecular weight excluding hydrogens is 263 g/mol. The lowest BCUT2D eigenvalue weighted by molar-refractivity contribution is -0.0462. The van der Waals surface area contributed by atoms with Crippen LogP contribution < -0.4 is 4.74 Å². The fourth-order valence-corrected chi connectivity index (χ4v) is 1.96. The molecular formula is C12H14F3NO3. The molecule has 4 nitrogen and oxygen atoms in total. The molecule has 1 aromatic rings. The van der Waals surface area contributed by atoms with Crippen LogP contribution in [-0.4, -0.2) is 28.2 Å². The van der Waals surface area contributed by atoms with E-state index in [0.29, 0.717) is 6.42 Å². The summed E-state index contributed by atoms with van der Waals surface area (Å²) in [7, 11) is 0. The molecule has 0 bridgehead atoms. The Kier molecular flexibility index (Phi) is 3.96. The van der Waals surface area contributed by atoms with Crippen LogP contribution in [-0.2, 0) is 5.67 Å². The number of alkyl halides is 3. The van der Waals surface area contributed by atoms with E-state index in [0.717, 1.165) is 12.3 Å². The predicted octanol–water partition coefficient (Wildman–Crippen LogP) is 2.06. The fraction of sp³-hybridized carbons (Fsp3) is 0.583. The molecule has 2 N–H and O–H groups in total. The molecule has 0 aromatic carbocycles. The first-order chi connectivity index (χ1) is 8.92. The van der Waals surface area contributed by atoms with Crippen molar-refractivity contribution < 1.29 is 28.1 Å². The van der Waals surface area contributed by atoms with Gasteiger partial charge in [0.25, 0.3) is 6.43 Å². The summed E-state index contributed by atoms with van der Waals surface area (Å²) in [5.74, 6) is -0.111. The zero-order valence-electron chi connectivity index (χ0n) is 10.0. The van der Waals surface area contributed by atoms with Crippen LogP contribution in [0.3, 0.4) is 0 Å². The number of pyridine rings is 1. The molecule has 106 valence electrons. The van der Waals surface area contributed by atoms with Gasteiger partial charge in [0, 0.05) is 17.8 Å². The third-order valence-corrected chi connectivity index (χ3v) is 3.15. The third kappa shape index (κ3) is 2.98. The van der Waals surface area contributed by atoms with Gasteiger partial charge in [0.15, 0.2) is 6.29 Å². The second kappa shape index (κ2) is 5.34. The molecule has 1 heterocycles. The second-order valence-electron chi connectivity index (χ2n) is 4.50. The minimum Gasteiger partial charge on any atom is -0.487 e. The molecule has 2 rings (SSSR count). The van der Waals surface area contributed by atoms with E-state index in [1.54, 1.807) is 0 Å². The van der Waals surface area contributed by atoms with Crippen molar-refractivity contribution in [3.8, 4) is 5.75 Å². The van der Waals surface area contributed by atoms with Crippen molar-refractivity contribution in [1.82, 2.24) is 4.98 Å². The number of hydrogen-bond acceptors (Lipinski definition) is 4. The van der Waals surface area contributed by atoms with Crippen LogP contribution in [0.15, 0.2) is 12.3 Å². The largest absolute Gasteiger partial charge is 0.487 e. The molecule has 19 heavy (non-hydrogen) atoms. The van der Waals surface area contributed by atoms with Gasteiger partial charge in [-0.25, -0.2) is 13.2 Å². The molecule has 7 heteroatoms. The minimum absolute atomic E-state index is 0.0869. The van der Waals surface area contributed by atoms with Crippen molar-refractivity contribution in [3.63, 3.8) is 0 Å². The number of ether oxygens (including phenoxy) is 1. The average Bonchev–Trinajstić information content (AvgIpc) is 2.33. The normalized spacial score (nSPS) is 17.6. The van der Waals surface area contributed by atoms with Crippen LogP contribution in [0, 0.1) is 0 Å².